The molecular weight excluding hydrogens is 217 g/mol. The molecule has 1 aromatic carbocycles. The molecule has 0 unspecified atom stereocenters. The van der Waals surface area contributed by atoms with Crippen LogP contribution in [0.15, 0.2) is 30.3 Å². The Morgan fingerprint density at radius 3 is 2.25 bits per heavy atom. The summed E-state index contributed by atoms with van der Waals surface area (Å²) in [6.45, 7) is 1.59. The zero-order chi connectivity index (χ0) is 12.2. The maximum Gasteiger partial charge on any atom is 0.417 e. The molecule has 1 rings (SSSR count). The normalized spacial score (nSPS) is 15.2. The molecule has 16 heavy (non-hydrogen) atoms. The van der Waals surface area contributed by atoms with Gasteiger partial charge in [-0.2, -0.15) is 18.4 Å². The average molecular weight is 228 g/mol. The lowest BCUT2D eigenvalue weighted by molar-refractivity contribution is -0.144. The Kier molecular flexibility index (Phi) is 3.91. The van der Waals surface area contributed by atoms with Crippen LogP contribution in [0.1, 0.15) is 18.5 Å². The number of hydrogen-bond acceptors (Lipinski definition) is 2. The summed E-state index contributed by atoms with van der Waals surface area (Å²) < 4.78 is 36.9. The van der Waals surface area contributed by atoms with Gasteiger partial charge in [-0.3, -0.25) is 5.32 Å². The predicted molar refractivity (Wildman–Crippen MR) is 53.4 cm³/mol. The van der Waals surface area contributed by atoms with Crippen LogP contribution in [0.3, 0.4) is 0 Å². The minimum absolute atomic E-state index is 0.521. The number of halogens is 3. The molecule has 1 aromatic rings. The van der Waals surface area contributed by atoms with E-state index in [0.717, 1.165) is 0 Å². The summed E-state index contributed by atoms with van der Waals surface area (Å²) in [4.78, 5) is 0. The summed E-state index contributed by atoms with van der Waals surface area (Å²) in [5.41, 5.74) is 0.715. The van der Waals surface area contributed by atoms with Gasteiger partial charge in [0.1, 0.15) is 0 Å². The number of benzene rings is 1. The molecular formula is C11H11F3N2. The van der Waals surface area contributed by atoms with Gasteiger partial charge in [-0.25, -0.2) is 0 Å². The monoisotopic (exact) mass is 228 g/mol. The number of alkyl halides is 3. The zero-order valence-electron chi connectivity index (χ0n) is 8.62. The highest BCUT2D eigenvalue weighted by Gasteiger charge is 2.40. The molecule has 5 heteroatoms. The van der Waals surface area contributed by atoms with Crippen molar-refractivity contribution in [1.82, 2.24) is 5.32 Å². The second-order valence-electron chi connectivity index (χ2n) is 3.40. The average Bonchev–Trinajstić information content (AvgIpc) is 2.25. The third-order valence-corrected chi connectivity index (χ3v) is 2.17. The first-order chi connectivity index (χ1) is 7.45. The molecule has 0 saturated carbocycles. The van der Waals surface area contributed by atoms with Crippen molar-refractivity contribution in [2.24, 2.45) is 0 Å². The van der Waals surface area contributed by atoms with Crippen LogP contribution in [0.4, 0.5) is 13.2 Å². The van der Waals surface area contributed by atoms with E-state index in [1.807, 2.05) is 0 Å². The van der Waals surface area contributed by atoms with Gasteiger partial charge in [0.05, 0.1) is 6.07 Å². The molecule has 0 aliphatic heterocycles. The third-order valence-electron chi connectivity index (χ3n) is 2.17. The smallest absolute Gasteiger partial charge is 0.288 e. The molecule has 1 N–H and O–H groups in total. The maximum absolute atomic E-state index is 12.3. The largest absolute Gasteiger partial charge is 0.417 e. The van der Waals surface area contributed by atoms with Gasteiger partial charge in [0.25, 0.3) is 0 Å². The first-order valence-corrected chi connectivity index (χ1v) is 4.72. The summed E-state index contributed by atoms with van der Waals surface area (Å²) in [6.07, 6.45) is -4.54. The Morgan fingerprint density at radius 2 is 1.81 bits per heavy atom. The molecule has 2 atom stereocenters. The van der Waals surface area contributed by atoms with Gasteiger partial charge >= 0.3 is 6.18 Å². The fourth-order valence-corrected chi connectivity index (χ4v) is 1.29. The van der Waals surface area contributed by atoms with Crippen LogP contribution in [0.5, 0.6) is 0 Å². The predicted octanol–water partition coefficient (Wildman–Crippen LogP) is 2.79. The quantitative estimate of drug-likeness (QED) is 0.863. The van der Waals surface area contributed by atoms with E-state index in [2.05, 4.69) is 5.32 Å². The summed E-state index contributed by atoms with van der Waals surface area (Å²) in [6, 6.07) is 7.23. The van der Waals surface area contributed by atoms with Crippen molar-refractivity contribution in [2.45, 2.75) is 25.2 Å². The lowest BCUT2D eigenvalue weighted by Crippen LogP contribution is -2.42. The third kappa shape index (κ3) is 3.24. The van der Waals surface area contributed by atoms with Crippen molar-refractivity contribution < 1.29 is 13.2 Å². The molecule has 0 bridgehead atoms. The molecule has 0 aromatic heterocycles. The van der Waals surface area contributed by atoms with E-state index in [9.17, 15) is 13.2 Å². The molecule has 0 spiro atoms. The van der Waals surface area contributed by atoms with Crippen molar-refractivity contribution >= 4 is 0 Å². The minimum Gasteiger partial charge on any atom is -0.288 e. The lowest BCUT2D eigenvalue weighted by atomic mass is 10.1. The van der Waals surface area contributed by atoms with Gasteiger partial charge in [-0.05, 0) is 12.5 Å². The number of nitriles is 1. The number of nitrogens with one attached hydrogen (secondary N) is 1. The van der Waals surface area contributed by atoms with E-state index in [1.165, 1.54) is 6.07 Å². The van der Waals surface area contributed by atoms with E-state index >= 15 is 0 Å². The summed E-state index contributed by atoms with van der Waals surface area (Å²) in [5.74, 6) is 0. The Balaban J connectivity index is 2.72. The van der Waals surface area contributed by atoms with Crippen LogP contribution in [0.2, 0.25) is 0 Å². The molecule has 0 aliphatic carbocycles. The molecule has 2 nitrogen and oxygen atoms in total. The molecule has 86 valence electrons. The van der Waals surface area contributed by atoms with Gasteiger partial charge in [-0.1, -0.05) is 30.3 Å². The topological polar surface area (TPSA) is 35.8 Å². The van der Waals surface area contributed by atoms with E-state index < -0.39 is 18.3 Å². The standard InChI is InChI=1S/C11H11F3N2/c1-8(9-5-3-2-4-6-9)16-10(7-15)11(12,13)14/h2-6,8,10,16H,1H3/t8-,10+/m0/s1. The molecule has 0 heterocycles. The van der Waals surface area contributed by atoms with Crippen LogP contribution < -0.4 is 5.32 Å². The molecule has 0 fully saturated rings. The molecule has 0 radical (unpaired) electrons. The van der Waals surface area contributed by atoms with Gasteiger partial charge in [-0.15, -0.1) is 0 Å². The van der Waals surface area contributed by atoms with E-state index in [0.29, 0.717) is 5.56 Å². The molecule has 0 amide bonds. The summed E-state index contributed by atoms with van der Waals surface area (Å²) in [5, 5.41) is 10.7. The zero-order valence-corrected chi connectivity index (χ0v) is 8.62. The highest BCUT2D eigenvalue weighted by atomic mass is 19.4. The van der Waals surface area contributed by atoms with Crippen molar-refractivity contribution in [1.29, 1.82) is 5.26 Å². The second-order valence-corrected chi connectivity index (χ2v) is 3.40. The van der Waals surface area contributed by atoms with Gasteiger partial charge < -0.3 is 0 Å². The lowest BCUT2D eigenvalue weighted by Gasteiger charge is -2.20. The first-order valence-electron chi connectivity index (χ1n) is 4.72. The number of nitrogens with zero attached hydrogens (tertiary/aromatic N) is 1. The van der Waals surface area contributed by atoms with Crippen LogP contribution in [0.25, 0.3) is 0 Å². The fourth-order valence-electron chi connectivity index (χ4n) is 1.29. The van der Waals surface area contributed by atoms with Gasteiger partial charge in [0, 0.05) is 6.04 Å². The van der Waals surface area contributed by atoms with Crippen LogP contribution in [-0.4, -0.2) is 12.2 Å². The maximum atomic E-state index is 12.3. The molecule has 0 saturated heterocycles. The van der Waals surface area contributed by atoms with E-state index in [4.69, 9.17) is 5.26 Å². The highest BCUT2D eigenvalue weighted by molar-refractivity contribution is 5.19. The van der Waals surface area contributed by atoms with Gasteiger partial charge in [0.2, 0.25) is 0 Å². The van der Waals surface area contributed by atoms with E-state index in [1.54, 1.807) is 37.3 Å². The SMILES string of the molecule is C[C@H](N[C@H](C#N)C(F)(F)F)c1ccccc1. The first kappa shape index (κ1) is 12.5. The van der Waals surface area contributed by atoms with Crippen molar-refractivity contribution in [2.75, 3.05) is 0 Å². The van der Waals surface area contributed by atoms with Crippen molar-refractivity contribution in [3.05, 3.63) is 35.9 Å². The Hall–Kier alpha value is -1.54. The van der Waals surface area contributed by atoms with Crippen LogP contribution in [-0.2, 0) is 0 Å². The highest BCUT2D eigenvalue weighted by Crippen LogP contribution is 2.22. The Labute approximate surface area is 91.7 Å². The van der Waals surface area contributed by atoms with Crippen molar-refractivity contribution in [3.63, 3.8) is 0 Å². The van der Waals surface area contributed by atoms with E-state index in [-0.39, 0.29) is 0 Å². The second kappa shape index (κ2) is 4.99. The number of rotatable bonds is 3. The fraction of sp³-hybridized carbons (Fsp3) is 0.364. The van der Waals surface area contributed by atoms with Crippen LogP contribution >= 0.6 is 0 Å². The summed E-state index contributed by atoms with van der Waals surface area (Å²) >= 11 is 0. The van der Waals surface area contributed by atoms with Crippen LogP contribution in [0, 0.1) is 11.3 Å². The number of hydrogen-bond donors (Lipinski definition) is 1. The minimum atomic E-state index is -4.54. The van der Waals surface area contributed by atoms with Gasteiger partial charge in [0.15, 0.2) is 6.04 Å². The van der Waals surface area contributed by atoms with Crippen molar-refractivity contribution in [3.8, 4) is 6.07 Å². The Morgan fingerprint density at radius 1 is 1.25 bits per heavy atom. The summed E-state index contributed by atoms with van der Waals surface area (Å²) in [7, 11) is 0. The Bertz CT molecular complexity index is 367. The molecule has 0 aliphatic rings.